The van der Waals surface area contributed by atoms with Crippen molar-refractivity contribution in [3.63, 3.8) is 0 Å². The molecule has 1 aromatic heterocycles. The smallest absolute Gasteiger partial charge is 0.189 e. The number of hydrogen-bond acceptors (Lipinski definition) is 3. The summed E-state index contributed by atoms with van der Waals surface area (Å²) in [5.74, 6) is 1.24. The third-order valence-corrected chi connectivity index (χ3v) is 3.81. The van der Waals surface area contributed by atoms with Crippen LogP contribution in [0.3, 0.4) is 0 Å². The van der Waals surface area contributed by atoms with Gasteiger partial charge in [0.2, 0.25) is 0 Å². The van der Waals surface area contributed by atoms with E-state index in [-0.39, 0.29) is 24.0 Å². The molecule has 0 bridgehead atoms. The first-order valence-corrected chi connectivity index (χ1v) is 7.07. The van der Waals surface area contributed by atoms with E-state index in [2.05, 4.69) is 34.5 Å². The Labute approximate surface area is 129 Å². The average Bonchev–Trinajstić information content (AvgIpc) is 3.06. The van der Waals surface area contributed by atoms with Crippen LogP contribution in [0.15, 0.2) is 10.4 Å². The van der Waals surface area contributed by atoms with Crippen LogP contribution < -0.4 is 11.1 Å². The number of thiazole rings is 1. The molecule has 1 unspecified atom stereocenters. The second-order valence-corrected chi connectivity index (χ2v) is 5.54. The van der Waals surface area contributed by atoms with Crippen molar-refractivity contribution < 1.29 is 0 Å². The first kappa shape index (κ1) is 15.7. The Morgan fingerprint density at radius 2 is 2.39 bits per heavy atom. The molecule has 102 valence electrons. The van der Waals surface area contributed by atoms with Gasteiger partial charge in [-0.2, -0.15) is 0 Å². The maximum atomic E-state index is 5.79. The van der Waals surface area contributed by atoms with Crippen LogP contribution in [0.5, 0.6) is 0 Å². The van der Waals surface area contributed by atoms with Crippen LogP contribution in [0.1, 0.15) is 49.7 Å². The van der Waals surface area contributed by atoms with Gasteiger partial charge in [0.05, 0.1) is 12.2 Å². The largest absolute Gasteiger partial charge is 0.370 e. The van der Waals surface area contributed by atoms with Crippen molar-refractivity contribution in [2.45, 2.75) is 51.6 Å². The molecule has 1 saturated carbocycles. The fourth-order valence-electron chi connectivity index (χ4n) is 1.52. The molecule has 1 heterocycles. The topological polar surface area (TPSA) is 63.3 Å². The lowest BCUT2D eigenvalue weighted by Crippen LogP contribution is -2.38. The molecule has 0 amide bonds. The van der Waals surface area contributed by atoms with Gasteiger partial charge in [-0.05, 0) is 26.2 Å². The van der Waals surface area contributed by atoms with Gasteiger partial charge in [0.1, 0.15) is 5.01 Å². The summed E-state index contributed by atoms with van der Waals surface area (Å²) in [6.07, 6.45) is 3.63. The zero-order valence-corrected chi connectivity index (χ0v) is 14.0. The third kappa shape index (κ3) is 4.72. The molecule has 0 saturated heterocycles. The van der Waals surface area contributed by atoms with E-state index in [0.717, 1.165) is 17.3 Å². The SMILES string of the molecule is CCC(C)NC(N)=NCc1nc(C2CC2)cs1.I. The molecule has 1 fully saturated rings. The Bertz CT molecular complexity index is 401. The summed E-state index contributed by atoms with van der Waals surface area (Å²) in [6, 6.07) is 0.372. The summed E-state index contributed by atoms with van der Waals surface area (Å²) in [4.78, 5) is 8.88. The van der Waals surface area contributed by atoms with Crippen LogP contribution >= 0.6 is 35.3 Å². The van der Waals surface area contributed by atoms with Gasteiger partial charge < -0.3 is 11.1 Å². The van der Waals surface area contributed by atoms with Gasteiger partial charge in [0.25, 0.3) is 0 Å². The Morgan fingerprint density at radius 3 is 3.00 bits per heavy atom. The van der Waals surface area contributed by atoms with E-state index in [1.165, 1.54) is 18.5 Å². The maximum absolute atomic E-state index is 5.79. The predicted octanol–water partition coefficient (Wildman–Crippen LogP) is 2.84. The number of nitrogens with zero attached hydrogens (tertiary/aromatic N) is 2. The molecule has 0 aromatic carbocycles. The van der Waals surface area contributed by atoms with Gasteiger partial charge in [-0.1, -0.05) is 6.92 Å². The molecule has 1 aliphatic rings. The zero-order chi connectivity index (χ0) is 12.3. The minimum atomic E-state index is 0. The molecule has 4 nitrogen and oxygen atoms in total. The predicted molar refractivity (Wildman–Crippen MR) is 87.7 cm³/mol. The summed E-state index contributed by atoms with van der Waals surface area (Å²) in [5.41, 5.74) is 7.04. The number of nitrogens with one attached hydrogen (secondary N) is 1. The molecule has 0 spiro atoms. The lowest BCUT2D eigenvalue weighted by molar-refractivity contribution is 0.636. The highest BCUT2D eigenvalue weighted by molar-refractivity contribution is 14.0. The molecule has 18 heavy (non-hydrogen) atoms. The summed E-state index contributed by atoms with van der Waals surface area (Å²) in [5, 5.41) is 6.36. The van der Waals surface area contributed by atoms with Crippen molar-refractivity contribution in [2.75, 3.05) is 0 Å². The zero-order valence-electron chi connectivity index (χ0n) is 10.8. The molecule has 3 N–H and O–H groups in total. The number of aliphatic imine (C=N–C) groups is 1. The minimum Gasteiger partial charge on any atom is -0.370 e. The molecule has 1 aliphatic carbocycles. The monoisotopic (exact) mass is 380 g/mol. The van der Waals surface area contributed by atoms with E-state index < -0.39 is 0 Å². The van der Waals surface area contributed by atoms with E-state index in [9.17, 15) is 0 Å². The van der Waals surface area contributed by atoms with E-state index in [0.29, 0.717) is 18.5 Å². The number of aromatic nitrogens is 1. The molecule has 0 aliphatic heterocycles. The average molecular weight is 380 g/mol. The summed E-state index contributed by atoms with van der Waals surface area (Å²) in [6.45, 7) is 4.80. The molecule has 1 atom stereocenters. The number of nitrogens with two attached hydrogens (primary N) is 1. The molecule has 0 radical (unpaired) electrons. The van der Waals surface area contributed by atoms with Crippen LogP contribution in [0.25, 0.3) is 0 Å². The van der Waals surface area contributed by atoms with Gasteiger partial charge in [0, 0.05) is 17.3 Å². The van der Waals surface area contributed by atoms with E-state index >= 15 is 0 Å². The van der Waals surface area contributed by atoms with Gasteiger partial charge in [-0.15, -0.1) is 35.3 Å². The van der Waals surface area contributed by atoms with Crippen molar-refractivity contribution in [2.24, 2.45) is 10.7 Å². The lowest BCUT2D eigenvalue weighted by atomic mass is 10.3. The number of guanidine groups is 1. The fraction of sp³-hybridized carbons (Fsp3) is 0.667. The van der Waals surface area contributed by atoms with E-state index in [1.807, 2.05) is 0 Å². The van der Waals surface area contributed by atoms with Crippen LogP contribution in [-0.4, -0.2) is 17.0 Å². The molecular weight excluding hydrogens is 359 g/mol. The van der Waals surface area contributed by atoms with Crippen LogP contribution in [0.4, 0.5) is 0 Å². The van der Waals surface area contributed by atoms with Gasteiger partial charge in [-0.25, -0.2) is 9.98 Å². The van der Waals surface area contributed by atoms with Crippen molar-refractivity contribution >= 4 is 41.3 Å². The van der Waals surface area contributed by atoms with Gasteiger partial charge in [0.15, 0.2) is 5.96 Å². The minimum absolute atomic E-state index is 0. The standard InChI is InChI=1S/C12H20N4S.HI/c1-3-8(2)15-12(13)14-6-11-16-10(7-17-11)9-4-5-9;/h7-9H,3-6H2,1-2H3,(H3,13,14,15);1H. The quantitative estimate of drug-likeness (QED) is 0.469. The Morgan fingerprint density at radius 1 is 1.67 bits per heavy atom. The highest BCUT2D eigenvalue weighted by Crippen LogP contribution is 2.40. The Balaban J connectivity index is 0.00000162. The summed E-state index contributed by atoms with van der Waals surface area (Å²) in [7, 11) is 0. The normalized spacial score (nSPS) is 17.1. The van der Waals surface area contributed by atoms with E-state index in [1.54, 1.807) is 11.3 Å². The van der Waals surface area contributed by atoms with Crippen molar-refractivity contribution in [1.82, 2.24) is 10.3 Å². The Hall–Kier alpha value is -0.370. The Kier molecular flexibility index (Phi) is 6.34. The second-order valence-electron chi connectivity index (χ2n) is 4.60. The second kappa shape index (κ2) is 7.28. The molecule has 2 rings (SSSR count). The molecular formula is C12H21IN4S. The van der Waals surface area contributed by atoms with Crippen LogP contribution in [0.2, 0.25) is 0 Å². The summed E-state index contributed by atoms with van der Waals surface area (Å²) < 4.78 is 0. The number of halogens is 1. The van der Waals surface area contributed by atoms with Gasteiger partial charge in [-0.3, -0.25) is 0 Å². The van der Waals surface area contributed by atoms with Crippen molar-refractivity contribution in [1.29, 1.82) is 0 Å². The fourth-order valence-corrected chi connectivity index (χ4v) is 2.32. The van der Waals surface area contributed by atoms with Gasteiger partial charge >= 0.3 is 0 Å². The van der Waals surface area contributed by atoms with Crippen LogP contribution in [0, 0.1) is 0 Å². The summed E-state index contributed by atoms with van der Waals surface area (Å²) >= 11 is 1.68. The van der Waals surface area contributed by atoms with Crippen LogP contribution in [-0.2, 0) is 6.54 Å². The number of rotatable bonds is 5. The number of hydrogen-bond donors (Lipinski definition) is 2. The molecule has 1 aromatic rings. The van der Waals surface area contributed by atoms with Crippen molar-refractivity contribution in [3.05, 3.63) is 16.1 Å². The highest BCUT2D eigenvalue weighted by atomic mass is 127. The highest BCUT2D eigenvalue weighted by Gasteiger charge is 2.25. The molecule has 6 heteroatoms. The lowest BCUT2D eigenvalue weighted by Gasteiger charge is -2.11. The maximum Gasteiger partial charge on any atom is 0.189 e. The first-order chi connectivity index (χ1) is 8.19. The third-order valence-electron chi connectivity index (χ3n) is 2.96. The first-order valence-electron chi connectivity index (χ1n) is 6.19. The van der Waals surface area contributed by atoms with Crippen molar-refractivity contribution in [3.8, 4) is 0 Å². The van der Waals surface area contributed by atoms with E-state index in [4.69, 9.17) is 5.73 Å².